The number of hydrogen-bond donors (Lipinski definition) is 1. The molecule has 112 valence electrons. The van der Waals surface area contributed by atoms with Crippen molar-refractivity contribution < 1.29 is 13.2 Å². The van der Waals surface area contributed by atoms with Gasteiger partial charge in [-0.2, -0.15) is 0 Å². The van der Waals surface area contributed by atoms with Crippen LogP contribution in [0.4, 0.5) is 0 Å². The van der Waals surface area contributed by atoms with E-state index in [2.05, 4.69) is 32.5 Å². The Balaban J connectivity index is 1.95. The lowest BCUT2D eigenvalue weighted by Gasteiger charge is -2.32. The average molecular weight is 363 g/mol. The van der Waals surface area contributed by atoms with Crippen LogP contribution in [-0.4, -0.2) is 52.2 Å². The standard InChI is InChI=1S/C13H19BrN2O3S/c1-2-16-6-7-19-12(10-16)9-15-20(17,18)13-5-3-4-11(14)8-13/h3-5,8,12,15H,2,6-7,9-10H2,1H3. The first-order valence-electron chi connectivity index (χ1n) is 6.60. The molecule has 1 aliphatic rings. The summed E-state index contributed by atoms with van der Waals surface area (Å²) in [6.07, 6.45) is -0.0920. The van der Waals surface area contributed by atoms with Gasteiger partial charge in [0.05, 0.1) is 17.6 Å². The van der Waals surface area contributed by atoms with Gasteiger partial charge < -0.3 is 4.74 Å². The number of rotatable bonds is 5. The van der Waals surface area contributed by atoms with E-state index in [1.165, 1.54) is 0 Å². The van der Waals surface area contributed by atoms with Crippen molar-refractivity contribution in [2.45, 2.75) is 17.9 Å². The van der Waals surface area contributed by atoms with E-state index < -0.39 is 10.0 Å². The predicted molar refractivity (Wildman–Crippen MR) is 81.2 cm³/mol. The summed E-state index contributed by atoms with van der Waals surface area (Å²) in [5.41, 5.74) is 0. The molecule has 0 aliphatic carbocycles. The normalized spacial score (nSPS) is 21.0. The number of morpholine rings is 1. The molecule has 0 spiro atoms. The Labute approximate surface area is 128 Å². The Morgan fingerprint density at radius 2 is 2.30 bits per heavy atom. The Hall–Kier alpha value is -0.470. The van der Waals surface area contributed by atoms with Crippen LogP contribution in [0, 0.1) is 0 Å². The largest absolute Gasteiger partial charge is 0.374 e. The van der Waals surface area contributed by atoms with E-state index in [-0.39, 0.29) is 11.0 Å². The van der Waals surface area contributed by atoms with Gasteiger partial charge in [-0.1, -0.05) is 28.9 Å². The second-order valence-electron chi connectivity index (χ2n) is 4.70. The zero-order chi connectivity index (χ0) is 14.6. The van der Waals surface area contributed by atoms with Crippen molar-refractivity contribution in [2.24, 2.45) is 0 Å². The van der Waals surface area contributed by atoms with Gasteiger partial charge in [0.1, 0.15) is 0 Å². The molecular formula is C13H19BrN2O3S. The molecule has 0 amide bonds. The Morgan fingerprint density at radius 1 is 1.50 bits per heavy atom. The number of hydrogen-bond acceptors (Lipinski definition) is 4. The summed E-state index contributed by atoms with van der Waals surface area (Å²) < 4.78 is 33.3. The number of sulfonamides is 1. The minimum absolute atomic E-state index is 0.0920. The third-order valence-corrected chi connectivity index (χ3v) is 5.19. The van der Waals surface area contributed by atoms with Gasteiger partial charge in [-0.25, -0.2) is 13.1 Å². The first-order valence-corrected chi connectivity index (χ1v) is 8.88. The minimum atomic E-state index is -3.48. The third-order valence-electron chi connectivity index (χ3n) is 3.28. The molecule has 1 aromatic carbocycles. The van der Waals surface area contributed by atoms with Gasteiger partial charge >= 0.3 is 0 Å². The van der Waals surface area contributed by atoms with Gasteiger partial charge in [-0.3, -0.25) is 4.90 Å². The van der Waals surface area contributed by atoms with Crippen molar-refractivity contribution in [3.8, 4) is 0 Å². The highest BCUT2D eigenvalue weighted by Crippen LogP contribution is 2.16. The highest BCUT2D eigenvalue weighted by atomic mass is 79.9. The number of nitrogens with zero attached hydrogens (tertiary/aromatic N) is 1. The zero-order valence-corrected chi connectivity index (χ0v) is 13.8. The van der Waals surface area contributed by atoms with Crippen molar-refractivity contribution in [1.82, 2.24) is 9.62 Å². The fourth-order valence-corrected chi connectivity index (χ4v) is 3.77. The second-order valence-corrected chi connectivity index (χ2v) is 7.38. The molecular weight excluding hydrogens is 344 g/mol. The maximum Gasteiger partial charge on any atom is 0.240 e. The summed E-state index contributed by atoms with van der Waals surface area (Å²) in [6.45, 7) is 5.66. The molecule has 1 aliphatic heterocycles. The molecule has 0 aromatic heterocycles. The van der Waals surface area contributed by atoms with Gasteiger partial charge in [0.25, 0.3) is 0 Å². The molecule has 0 saturated carbocycles. The molecule has 1 unspecified atom stereocenters. The van der Waals surface area contributed by atoms with Crippen LogP contribution >= 0.6 is 15.9 Å². The number of nitrogens with one attached hydrogen (secondary N) is 1. The molecule has 1 heterocycles. The zero-order valence-electron chi connectivity index (χ0n) is 11.4. The van der Waals surface area contributed by atoms with Crippen LogP contribution in [0.2, 0.25) is 0 Å². The monoisotopic (exact) mass is 362 g/mol. The molecule has 20 heavy (non-hydrogen) atoms. The number of likely N-dealkylation sites (N-methyl/N-ethyl adjacent to an activating group) is 1. The van der Waals surface area contributed by atoms with E-state index in [1.807, 2.05) is 0 Å². The molecule has 1 N–H and O–H groups in total. The van der Waals surface area contributed by atoms with E-state index in [4.69, 9.17) is 4.74 Å². The van der Waals surface area contributed by atoms with Crippen molar-refractivity contribution in [1.29, 1.82) is 0 Å². The van der Waals surface area contributed by atoms with Crippen LogP contribution in [-0.2, 0) is 14.8 Å². The summed E-state index contributed by atoms with van der Waals surface area (Å²) in [5, 5.41) is 0. The summed E-state index contributed by atoms with van der Waals surface area (Å²) in [4.78, 5) is 2.51. The molecule has 1 atom stereocenters. The first kappa shape index (κ1) is 15.9. The van der Waals surface area contributed by atoms with Crippen LogP contribution in [0.15, 0.2) is 33.6 Å². The summed E-state index contributed by atoms with van der Waals surface area (Å²) in [6, 6.07) is 6.66. The van der Waals surface area contributed by atoms with Crippen LogP contribution in [0.3, 0.4) is 0 Å². The number of halogens is 1. The van der Waals surface area contributed by atoms with Crippen molar-refractivity contribution >= 4 is 26.0 Å². The Morgan fingerprint density at radius 3 is 3.00 bits per heavy atom. The molecule has 0 bridgehead atoms. The van der Waals surface area contributed by atoms with E-state index in [0.717, 1.165) is 24.1 Å². The Kier molecular flexibility index (Phi) is 5.57. The fourth-order valence-electron chi connectivity index (χ4n) is 2.11. The molecule has 1 aromatic rings. The van der Waals surface area contributed by atoms with Crippen molar-refractivity contribution in [3.05, 3.63) is 28.7 Å². The highest BCUT2D eigenvalue weighted by Gasteiger charge is 2.22. The fraction of sp³-hybridized carbons (Fsp3) is 0.538. The van der Waals surface area contributed by atoms with Crippen molar-refractivity contribution in [2.75, 3.05) is 32.8 Å². The average Bonchev–Trinajstić information content (AvgIpc) is 2.45. The maximum atomic E-state index is 12.2. The van der Waals surface area contributed by atoms with Gasteiger partial charge in [-0.15, -0.1) is 0 Å². The quantitative estimate of drug-likeness (QED) is 0.860. The van der Waals surface area contributed by atoms with E-state index in [9.17, 15) is 8.42 Å². The molecule has 5 nitrogen and oxygen atoms in total. The van der Waals surface area contributed by atoms with E-state index >= 15 is 0 Å². The summed E-state index contributed by atoms with van der Waals surface area (Å²) >= 11 is 3.28. The van der Waals surface area contributed by atoms with Crippen LogP contribution in [0.5, 0.6) is 0 Å². The summed E-state index contributed by atoms with van der Waals surface area (Å²) in [5.74, 6) is 0. The van der Waals surface area contributed by atoms with Gasteiger partial charge in [-0.05, 0) is 24.7 Å². The molecule has 1 saturated heterocycles. The molecule has 0 radical (unpaired) electrons. The SMILES string of the molecule is CCN1CCOC(CNS(=O)(=O)c2cccc(Br)c2)C1. The van der Waals surface area contributed by atoms with Gasteiger partial charge in [0, 0.05) is 24.1 Å². The lowest BCUT2D eigenvalue weighted by Crippen LogP contribution is -2.47. The maximum absolute atomic E-state index is 12.2. The lowest BCUT2D eigenvalue weighted by molar-refractivity contribution is -0.0229. The predicted octanol–water partition coefficient (Wildman–Crippen LogP) is 1.45. The van der Waals surface area contributed by atoms with Crippen LogP contribution in [0.25, 0.3) is 0 Å². The van der Waals surface area contributed by atoms with Crippen LogP contribution < -0.4 is 4.72 Å². The number of ether oxygens (including phenoxy) is 1. The topological polar surface area (TPSA) is 58.6 Å². The minimum Gasteiger partial charge on any atom is -0.374 e. The van der Waals surface area contributed by atoms with Gasteiger partial charge in [0.15, 0.2) is 0 Å². The molecule has 2 rings (SSSR count). The van der Waals surface area contributed by atoms with E-state index in [0.29, 0.717) is 13.2 Å². The third kappa shape index (κ3) is 4.26. The number of benzene rings is 1. The lowest BCUT2D eigenvalue weighted by atomic mass is 10.3. The van der Waals surface area contributed by atoms with Crippen molar-refractivity contribution in [3.63, 3.8) is 0 Å². The molecule has 1 fully saturated rings. The second kappa shape index (κ2) is 7.00. The Bertz CT molecular complexity index is 550. The molecule has 7 heteroatoms. The summed E-state index contributed by atoms with van der Waals surface area (Å²) in [7, 11) is -3.48. The van der Waals surface area contributed by atoms with E-state index in [1.54, 1.807) is 24.3 Å². The highest BCUT2D eigenvalue weighted by molar-refractivity contribution is 9.10. The van der Waals surface area contributed by atoms with Gasteiger partial charge in [0.2, 0.25) is 10.0 Å². The van der Waals surface area contributed by atoms with Crippen LogP contribution in [0.1, 0.15) is 6.92 Å². The smallest absolute Gasteiger partial charge is 0.240 e. The first-order chi connectivity index (χ1) is 9.51.